The van der Waals surface area contributed by atoms with Crippen LogP contribution in [0.25, 0.3) is 0 Å². The van der Waals surface area contributed by atoms with Crippen molar-refractivity contribution in [1.29, 1.82) is 0 Å². The zero-order chi connectivity index (χ0) is 10.7. The third-order valence-electron chi connectivity index (χ3n) is 1.77. The van der Waals surface area contributed by atoms with Crippen LogP contribution in [0.1, 0.15) is 0 Å². The molecule has 0 bridgehead atoms. The van der Waals surface area contributed by atoms with Gasteiger partial charge in [0.05, 0.1) is 5.69 Å². The lowest BCUT2D eigenvalue weighted by atomic mass is 9.80. The molecule has 0 spiro atoms. The van der Waals surface area contributed by atoms with Gasteiger partial charge < -0.3 is 10.0 Å². The number of hydrogen-bond acceptors (Lipinski definition) is 3. The van der Waals surface area contributed by atoms with Crippen LogP contribution in [0.2, 0.25) is 0 Å². The monoisotopic (exact) mass is 215 g/mol. The Bertz CT molecular complexity index is 346. The number of nitrogens with zero attached hydrogens (tertiary/aromatic N) is 1. The summed E-state index contributed by atoms with van der Waals surface area (Å²) in [5.41, 5.74) is 0.719. The average molecular weight is 215 g/mol. The summed E-state index contributed by atoms with van der Waals surface area (Å²) in [6.07, 6.45) is 0. The lowest BCUT2D eigenvalue weighted by Crippen LogP contribution is -2.31. The Morgan fingerprint density at radius 3 is 2.57 bits per heavy atom. The van der Waals surface area contributed by atoms with Crippen molar-refractivity contribution in [2.24, 2.45) is 0 Å². The first-order chi connectivity index (χ1) is 6.52. The molecule has 7 heteroatoms. The van der Waals surface area contributed by atoms with E-state index in [9.17, 15) is 4.21 Å². The fourth-order valence-electron chi connectivity index (χ4n) is 0.971. The van der Waals surface area contributed by atoms with Crippen molar-refractivity contribution in [2.45, 2.75) is 0 Å². The normalized spacial score (nSPS) is 12.3. The average Bonchev–Trinajstić information content (AvgIpc) is 2.16. The van der Waals surface area contributed by atoms with E-state index in [1.807, 2.05) is 0 Å². The van der Waals surface area contributed by atoms with Gasteiger partial charge in [-0.1, -0.05) is 12.1 Å². The zero-order valence-corrected chi connectivity index (χ0v) is 8.31. The number of anilines is 1. The van der Waals surface area contributed by atoms with E-state index in [-0.39, 0.29) is 5.46 Å². The number of rotatable bonds is 3. The molecule has 0 saturated carbocycles. The molecule has 3 N–H and O–H groups in total. The Balaban J connectivity index is 2.99. The second-order valence-corrected chi connectivity index (χ2v) is 3.71. The van der Waals surface area contributed by atoms with E-state index in [1.165, 1.54) is 19.2 Å². The van der Waals surface area contributed by atoms with Gasteiger partial charge in [0, 0.05) is 7.05 Å². The molecule has 0 heterocycles. The summed E-state index contributed by atoms with van der Waals surface area (Å²) in [5.74, 6) is 0. The summed E-state index contributed by atoms with van der Waals surface area (Å²) >= 11 is -2.11. The predicted molar refractivity (Wildman–Crippen MR) is 55.4 cm³/mol. The third-order valence-corrected chi connectivity index (χ3v) is 2.45. The Labute approximate surface area is 84.6 Å². The summed E-state index contributed by atoms with van der Waals surface area (Å²) in [4.78, 5) is 0. The van der Waals surface area contributed by atoms with Gasteiger partial charge in [-0.25, -0.2) is 4.21 Å². The molecule has 1 atom stereocenters. The lowest BCUT2D eigenvalue weighted by molar-refractivity contribution is 0.426. The van der Waals surface area contributed by atoms with Crippen molar-refractivity contribution in [3.63, 3.8) is 0 Å². The standard InChI is InChI=1S/C7H10BNO4S/c1-9(14(12)13)7-4-2-3-6(5-7)8(10)11/h2-5,10-11H,1H3,(H,12,13). The summed E-state index contributed by atoms with van der Waals surface area (Å²) in [6, 6.07) is 6.12. The molecular formula is C7H10BNO4S. The minimum atomic E-state index is -2.11. The molecule has 1 aromatic rings. The maximum atomic E-state index is 10.7. The van der Waals surface area contributed by atoms with Gasteiger partial charge in [0.2, 0.25) is 0 Å². The highest BCUT2D eigenvalue weighted by molar-refractivity contribution is 7.80. The fraction of sp³-hybridized carbons (Fsp3) is 0.143. The summed E-state index contributed by atoms with van der Waals surface area (Å²) in [5, 5.41) is 17.7. The highest BCUT2D eigenvalue weighted by Crippen LogP contribution is 2.10. The Kier molecular flexibility index (Phi) is 3.65. The minimum Gasteiger partial charge on any atom is -0.423 e. The van der Waals surface area contributed by atoms with E-state index in [0.717, 1.165) is 4.31 Å². The molecule has 1 unspecified atom stereocenters. The second kappa shape index (κ2) is 4.56. The molecule has 1 aromatic carbocycles. The largest absolute Gasteiger partial charge is 0.488 e. The Hall–Kier alpha value is -0.885. The molecule has 1 rings (SSSR count). The Morgan fingerprint density at radius 2 is 2.07 bits per heavy atom. The van der Waals surface area contributed by atoms with Gasteiger partial charge in [-0.05, 0) is 17.6 Å². The molecule has 5 nitrogen and oxygen atoms in total. The molecule has 14 heavy (non-hydrogen) atoms. The maximum Gasteiger partial charge on any atom is 0.488 e. The summed E-state index contributed by atoms with van der Waals surface area (Å²) in [7, 11) is -0.144. The minimum absolute atomic E-state index is 0.278. The quantitative estimate of drug-likeness (QED) is 0.443. The van der Waals surface area contributed by atoms with Crippen LogP contribution in [0, 0.1) is 0 Å². The van der Waals surface area contributed by atoms with Gasteiger partial charge in [-0.3, -0.25) is 8.86 Å². The van der Waals surface area contributed by atoms with Crippen LogP contribution >= 0.6 is 0 Å². The molecule has 0 aliphatic rings. The van der Waals surface area contributed by atoms with Crippen LogP contribution in [-0.2, 0) is 11.3 Å². The molecule has 0 fully saturated rings. The highest BCUT2D eigenvalue weighted by Gasteiger charge is 2.13. The molecule has 0 aliphatic carbocycles. The van der Waals surface area contributed by atoms with Crippen LogP contribution in [-0.4, -0.2) is 33.0 Å². The Morgan fingerprint density at radius 1 is 1.43 bits per heavy atom. The van der Waals surface area contributed by atoms with Crippen molar-refractivity contribution in [1.82, 2.24) is 0 Å². The van der Waals surface area contributed by atoms with Gasteiger partial charge in [0.1, 0.15) is 0 Å². The van der Waals surface area contributed by atoms with E-state index >= 15 is 0 Å². The second-order valence-electron chi connectivity index (χ2n) is 2.70. The molecule has 0 aliphatic heterocycles. The predicted octanol–water partition coefficient (Wildman–Crippen LogP) is -1.06. The summed E-state index contributed by atoms with van der Waals surface area (Å²) < 4.78 is 20.6. The molecule has 0 saturated heterocycles. The SMILES string of the molecule is CN(c1cccc(B(O)O)c1)S(=O)O. The van der Waals surface area contributed by atoms with Crippen LogP contribution in [0.3, 0.4) is 0 Å². The van der Waals surface area contributed by atoms with Crippen LogP contribution in [0.15, 0.2) is 24.3 Å². The third kappa shape index (κ3) is 2.55. The first-order valence-corrected chi connectivity index (χ1v) is 4.89. The number of benzene rings is 1. The van der Waals surface area contributed by atoms with E-state index in [0.29, 0.717) is 5.69 Å². The van der Waals surface area contributed by atoms with Crippen molar-refractivity contribution in [2.75, 3.05) is 11.4 Å². The smallest absolute Gasteiger partial charge is 0.423 e. The van der Waals surface area contributed by atoms with Gasteiger partial charge in [0.15, 0.2) is 0 Å². The summed E-state index contributed by atoms with van der Waals surface area (Å²) in [6.45, 7) is 0. The van der Waals surface area contributed by atoms with Crippen molar-refractivity contribution < 1.29 is 18.8 Å². The van der Waals surface area contributed by atoms with E-state index in [2.05, 4.69) is 0 Å². The van der Waals surface area contributed by atoms with Crippen molar-refractivity contribution in [3.05, 3.63) is 24.3 Å². The van der Waals surface area contributed by atoms with Gasteiger partial charge in [-0.15, -0.1) is 0 Å². The molecule has 0 radical (unpaired) electrons. The molecular weight excluding hydrogens is 205 g/mol. The molecule has 0 amide bonds. The van der Waals surface area contributed by atoms with Gasteiger partial charge in [0.25, 0.3) is 11.3 Å². The number of hydrogen-bond donors (Lipinski definition) is 3. The fourth-order valence-corrected chi connectivity index (χ4v) is 1.27. The zero-order valence-electron chi connectivity index (χ0n) is 7.49. The topological polar surface area (TPSA) is 81.0 Å². The maximum absolute atomic E-state index is 10.7. The van der Waals surface area contributed by atoms with Crippen molar-refractivity contribution in [3.8, 4) is 0 Å². The van der Waals surface area contributed by atoms with Crippen LogP contribution in [0.4, 0.5) is 5.69 Å². The van der Waals surface area contributed by atoms with Crippen LogP contribution in [0.5, 0.6) is 0 Å². The lowest BCUT2D eigenvalue weighted by Gasteiger charge is -2.14. The first-order valence-electron chi connectivity index (χ1n) is 3.83. The van der Waals surface area contributed by atoms with Gasteiger partial charge >= 0.3 is 7.12 Å². The van der Waals surface area contributed by atoms with E-state index in [4.69, 9.17) is 14.6 Å². The van der Waals surface area contributed by atoms with Crippen LogP contribution < -0.4 is 9.77 Å². The highest BCUT2D eigenvalue weighted by atomic mass is 32.2. The molecule has 0 aromatic heterocycles. The van der Waals surface area contributed by atoms with Gasteiger partial charge in [-0.2, -0.15) is 0 Å². The van der Waals surface area contributed by atoms with E-state index < -0.39 is 18.4 Å². The van der Waals surface area contributed by atoms with Crippen molar-refractivity contribution >= 4 is 29.5 Å². The molecule has 76 valence electrons. The van der Waals surface area contributed by atoms with E-state index in [1.54, 1.807) is 12.1 Å². The first kappa shape index (κ1) is 11.2.